The molecule has 22 heavy (non-hydrogen) atoms. The molecule has 1 aromatic heterocycles. The predicted octanol–water partition coefficient (Wildman–Crippen LogP) is 1.92. The van der Waals surface area contributed by atoms with Crippen molar-refractivity contribution in [1.29, 1.82) is 5.26 Å². The van der Waals surface area contributed by atoms with Gasteiger partial charge in [-0.15, -0.1) is 0 Å². The zero-order valence-corrected chi connectivity index (χ0v) is 11.8. The maximum Gasteiger partial charge on any atom is 0.356 e. The molecule has 0 amide bonds. The van der Waals surface area contributed by atoms with E-state index in [4.69, 9.17) is 5.11 Å². The minimum Gasteiger partial charge on any atom is -0.476 e. The van der Waals surface area contributed by atoms with E-state index in [0.717, 1.165) is 5.56 Å². The van der Waals surface area contributed by atoms with Gasteiger partial charge in [-0.2, -0.15) is 5.26 Å². The molecule has 1 aliphatic rings. The Hall–Kier alpha value is -2.94. The number of aromatic nitrogens is 2. The number of aromatic carboxylic acids is 1. The van der Waals surface area contributed by atoms with Crippen molar-refractivity contribution in [2.75, 3.05) is 18.0 Å². The van der Waals surface area contributed by atoms with E-state index in [2.05, 4.69) is 16.0 Å². The summed E-state index contributed by atoms with van der Waals surface area (Å²) >= 11 is 0. The summed E-state index contributed by atoms with van der Waals surface area (Å²) < 4.78 is 0. The highest BCUT2D eigenvalue weighted by molar-refractivity contribution is 5.84. The van der Waals surface area contributed by atoms with E-state index >= 15 is 0 Å². The maximum atomic E-state index is 10.8. The summed E-state index contributed by atoms with van der Waals surface area (Å²) in [7, 11) is 0. The lowest BCUT2D eigenvalue weighted by molar-refractivity contribution is 0.0690. The number of carboxylic acids is 1. The third-order valence-corrected chi connectivity index (χ3v) is 3.89. The molecule has 1 aliphatic heterocycles. The molecule has 2 atom stereocenters. The Morgan fingerprint density at radius 2 is 2.00 bits per heavy atom. The van der Waals surface area contributed by atoms with Crippen molar-refractivity contribution >= 4 is 11.8 Å². The van der Waals surface area contributed by atoms with Gasteiger partial charge in [0.15, 0.2) is 5.69 Å². The zero-order chi connectivity index (χ0) is 15.5. The van der Waals surface area contributed by atoms with E-state index in [1.165, 1.54) is 12.4 Å². The van der Waals surface area contributed by atoms with E-state index in [0.29, 0.717) is 18.9 Å². The van der Waals surface area contributed by atoms with Crippen molar-refractivity contribution in [2.45, 2.75) is 5.92 Å². The standard InChI is InChI=1S/C16H14N4O2/c17-6-12-9-20(10-13(12)11-4-2-1-3-5-11)15-8-18-14(7-19-15)16(21)22/h1-5,7-8,12-13H,9-10H2,(H,21,22)/t12-,13+/m1/s1. The highest BCUT2D eigenvalue weighted by Gasteiger charge is 2.34. The number of nitriles is 1. The number of carbonyl (C=O) groups is 1. The van der Waals surface area contributed by atoms with Crippen LogP contribution in [0.5, 0.6) is 0 Å². The van der Waals surface area contributed by atoms with Crippen molar-refractivity contribution in [3.63, 3.8) is 0 Å². The summed E-state index contributed by atoms with van der Waals surface area (Å²) in [6.07, 6.45) is 2.69. The first kappa shape index (κ1) is 14.0. The van der Waals surface area contributed by atoms with Crippen molar-refractivity contribution < 1.29 is 9.90 Å². The minimum atomic E-state index is -1.10. The molecule has 2 aromatic rings. The molecular weight excluding hydrogens is 280 g/mol. The Balaban J connectivity index is 1.82. The molecule has 2 heterocycles. The Bertz CT molecular complexity index is 709. The molecule has 0 radical (unpaired) electrons. The van der Waals surface area contributed by atoms with Gasteiger partial charge in [0.1, 0.15) is 5.82 Å². The van der Waals surface area contributed by atoms with Gasteiger partial charge in [-0.25, -0.2) is 14.8 Å². The first-order valence-corrected chi connectivity index (χ1v) is 6.94. The fourth-order valence-electron chi connectivity index (χ4n) is 2.75. The van der Waals surface area contributed by atoms with Crippen LogP contribution >= 0.6 is 0 Å². The molecular formula is C16H14N4O2. The third kappa shape index (κ3) is 2.61. The Labute approximate surface area is 127 Å². The number of benzene rings is 1. The van der Waals surface area contributed by atoms with Crippen LogP contribution in [0.3, 0.4) is 0 Å². The largest absolute Gasteiger partial charge is 0.476 e. The summed E-state index contributed by atoms with van der Waals surface area (Å²) in [4.78, 5) is 20.8. The lowest BCUT2D eigenvalue weighted by Gasteiger charge is -2.16. The Morgan fingerprint density at radius 3 is 2.59 bits per heavy atom. The molecule has 6 nitrogen and oxygen atoms in total. The molecule has 6 heteroatoms. The first-order chi connectivity index (χ1) is 10.7. The molecule has 3 rings (SSSR count). The first-order valence-electron chi connectivity index (χ1n) is 6.94. The fourth-order valence-corrected chi connectivity index (χ4v) is 2.75. The molecule has 1 aromatic carbocycles. The number of rotatable bonds is 3. The lowest BCUT2D eigenvalue weighted by Crippen LogP contribution is -2.21. The molecule has 1 saturated heterocycles. The van der Waals surface area contributed by atoms with Gasteiger partial charge in [0.2, 0.25) is 0 Å². The smallest absolute Gasteiger partial charge is 0.356 e. The predicted molar refractivity (Wildman–Crippen MR) is 79.5 cm³/mol. The monoisotopic (exact) mass is 294 g/mol. The van der Waals surface area contributed by atoms with E-state index in [-0.39, 0.29) is 17.5 Å². The van der Waals surface area contributed by atoms with Crippen LogP contribution < -0.4 is 4.90 Å². The summed E-state index contributed by atoms with van der Waals surface area (Å²) in [6, 6.07) is 12.3. The molecule has 110 valence electrons. The quantitative estimate of drug-likeness (QED) is 0.930. The van der Waals surface area contributed by atoms with Gasteiger partial charge >= 0.3 is 5.97 Å². The molecule has 0 saturated carbocycles. The molecule has 1 fully saturated rings. The summed E-state index contributed by atoms with van der Waals surface area (Å²) in [6.45, 7) is 1.24. The number of carboxylic acid groups (broad SMARTS) is 1. The zero-order valence-electron chi connectivity index (χ0n) is 11.8. The van der Waals surface area contributed by atoms with E-state index in [9.17, 15) is 10.1 Å². The lowest BCUT2D eigenvalue weighted by atomic mass is 9.90. The van der Waals surface area contributed by atoms with Gasteiger partial charge in [-0.1, -0.05) is 30.3 Å². The summed E-state index contributed by atoms with van der Waals surface area (Å²) in [5.74, 6) is -0.503. The number of hydrogen-bond donors (Lipinski definition) is 1. The van der Waals surface area contributed by atoms with Gasteiger partial charge < -0.3 is 10.0 Å². The molecule has 0 unspecified atom stereocenters. The van der Waals surface area contributed by atoms with Gasteiger partial charge in [0.05, 0.1) is 24.4 Å². The summed E-state index contributed by atoms with van der Waals surface area (Å²) in [5, 5.41) is 18.2. The number of hydrogen-bond acceptors (Lipinski definition) is 5. The minimum absolute atomic E-state index is 0.0839. The van der Waals surface area contributed by atoms with Crippen molar-refractivity contribution in [3.8, 4) is 6.07 Å². The van der Waals surface area contributed by atoms with E-state index < -0.39 is 5.97 Å². The molecule has 0 bridgehead atoms. The normalized spacial score (nSPS) is 20.6. The van der Waals surface area contributed by atoms with Crippen LogP contribution in [-0.2, 0) is 0 Å². The van der Waals surface area contributed by atoms with Crippen molar-refractivity contribution in [2.24, 2.45) is 5.92 Å². The second-order valence-corrected chi connectivity index (χ2v) is 5.22. The van der Waals surface area contributed by atoms with Crippen molar-refractivity contribution in [1.82, 2.24) is 9.97 Å². The highest BCUT2D eigenvalue weighted by atomic mass is 16.4. The van der Waals surface area contributed by atoms with Crippen LogP contribution in [-0.4, -0.2) is 34.1 Å². The average Bonchev–Trinajstić information content (AvgIpc) is 3.00. The van der Waals surface area contributed by atoms with Crippen molar-refractivity contribution in [3.05, 3.63) is 54.0 Å². The average molecular weight is 294 g/mol. The molecule has 0 spiro atoms. The SMILES string of the molecule is N#C[C@@H]1CN(c2cnc(C(=O)O)cn2)C[C@H]1c1ccccc1. The Kier molecular flexibility index (Phi) is 3.71. The van der Waals surface area contributed by atoms with Gasteiger partial charge in [-0.3, -0.25) is 0 Å². The second-order valence-electron chi connectivity index (χ2n) is 5.22. The Morgan fingerprint density at radius 1 is 1.23 bits per heavy atom. The summed E-state index contributed by atoms with van der Waals surface area (Å²) in [5.41, 5.74) is 1.05. The van der Waals surface area contributed by atoms with Crippen LogP contribution in [0.2, 0.25) is 0 Å². The number of nitrogens with zero attached hydrogens (tertiary/aromatic N) is 4. The highest BCUT2D eigenvalue weighted by Crippen LogP contribution is 2.34. The third-order valence-electron chi connectivity index (χ3n) is 3.89. The molecule has 1 N–H and O–H groups in total. The second kappa shape index (κ2) is 5.82. The van der Waals surface area contributed by atoms with Gasteiger partial charge in [0.25, 0.3) is 0 Å². The van der Waals surface area contributed by atoms with Gasteiger partial charge in [-0.05, 0) is 5.56 Å². The molecule has 0 aliphatic carbocycles. The number of anilines is 1. The van der Waals surface area contributed by atoms with E-state index in [1.807, 2.05) is 35.2 Å². The van der Waals surface area contributed by atoms with Gasteiger partial charge in [0, 0.05) is 19.0 Å². The van der Waals surface area contributed by atoms with Crippen LogP contribution in [0.1, 0.15) is 22.0 Å². The maximum absolute atomic E-state index is 10.8. The topological polar surface area (TPSA) is 90.1 Å². The fraction of sp³-hybridized carbons (Fsp3) is 0.250. The van der Waals surface area contributed by atoms with E-state index in [1.54, 1.807) is 0 Å². The van der Waals surface area contributed by atoms with Crippen LogP contribution in [0.4, 0.5) is 5.82 Å². The van der Waals surface area contributed by atoms with Crippen LogP contribution in [0.15, 0.2) is 42.7 Å². The van der Waals surface area contributed by atoms with Crippen LogP contribution in [0, 0.1) is 17.2 Å². The van der Waals surface area contributed by atoms with Crippen LogP contribution in [0.25, 0.3) is 0 Å².